The molecule has 0 bridgehead atoms. The third-order valence-electron chi connectivity index (χ3n) is 6.14. The van der Waals surface area contributed by atoms with E-state index < -0.39 is 5.91 Å². The molecule has 1 aromatic carbocycles. The summed E-state index contributed by atoms with van der Waals surface area (Å²) in [4.78, 5) is 24.1. The maximum atomic E-state index is 12.9. The molecule has 1 saturated carbocycles. The minimum Gasteiger partial charge on any atom is -0.368 e. The van der Waals surface area contributed by atoms with E-state index in [1.165, 1.54) is 5.56 Å². The molecule has 0 radical (unpaired) electrons. The molecule has 6 nitrogen and oxygen atoms in total. The van der Waals surface area contributed by atoms with E-state index in [4.69, 9.17) is 5.73 Å². The van der Waals surface area contributed by atoms with Crippen LogP contribution in [0.3, 0.4) is 0 Å². The molecule has 4 rings (SSSR count). The van der Waals surface area contributed by atoms with Gasteiger partial charge in [0.1, 0.15) is 6.54 Å². The number of aromatic nitrogens is 2. The number of aryl methyl sites for hydroxylation is 1. The smallest absolute Gasteiger partial charge is 0.239 e. The van der Waals surface area contributed by atoms with Crippen LogP contribution in [-0.2, 0) is 22.6 Å². The lowest BCUT2D eigenvalue weighted by Gasteiger charge is -2.30. The van der Waals surface area contributed by atoms with Gasteiger partial charge in [-0.1, -0.05) is 30.3 Å². The van der Waals surface area contributed by atoms with Crippen LogP contribution in [0.4, 0.5) is 0 Å². The van der Waals surface area contributed by atoms with Crippen molar-refractivity contribution in [2.45, 2.75) is 63.5 Å². The number of hydrogen-bond acceptors (Lipinski definition) is 3. The quantitative estimate of drug-likeness (QED) is 0.836. The van der Waals surface area contributed by atoms with E-state index >= 15 is 0 Å². The predicted molar refractivity (Wildman–Crippen MR) is 106 cm³/mol. The average molecular weight is 380 g/mol. The van der Waals surface area contributed by atoms with Crippen molar-refractivity contribution >= 4 is 11.8 Å². The van der Waals surface area contributed by atoms with Crippen LogP contribution >= 0.6 is 0 Å². The van der Waals surface area contributed by atoms with Gasteiger partial charge in [-0.2, -0.15) is 5.10 Å². The molecule has 1 heterocycles. The van der Waals surface area contributed by atoms with E-state index in [-0.39, 0.29) is 24.4 Å². The van der Waals surface area contributed by atoms with Crippen molar-refractivity contribution < 1.29 is 9.59 Å². The molecule has 2 aliphatic carbocycles. The Hall–Kier alpha value is -2.63. The van der Waals surface area contributed by atoms with E-state index in [0.29, 0.717) is 5.92 Å². The fourth-order valence-corrected chi connectivity index (χ4v) is 4.68. The molecule has 148 valence electrons. The van der Waals surface area contributed by atoms with Crippen LogP contribution in [0.1, 0.15) is 67.3 Å². The van der Waals surface area contributed by atoms with Crippen LogP contribution in [0.25, 0.3) is 0 Å². The zero-order chi connectivity index (χ0) is 19.5. The molecule has 0 aliphatic heterocycles. The summed E-state index contributed by atoms with van der Waals surface area (Å²) in [6.07, 6.45) is 8.72. The number of carbonyl (C=O) groups is 2. The Bertz CT molecular complexity index is 837. The Morgan fingerprint density at radius 1 is 1.11 bits per heavy atom. The number of primary amides is 1. The zero-order valence-electron chi connectivity index (χ0n) is 16.1. The summed E-state index contributed by atoms with van der Waals surface area (Å²) in [5.41, 5.74) is 8.68. The van der Waals surface area contributed by atoms with Gasteiger partial charge in [0.05, 0.1) is 11.7 Å². The molecule has 0 spiro atoms. The molecule has 3 N–H and O–H groups in total. The minimum absolute atomic E-state index is 0.0581. The Kier molecular flexibility index (Phi) is 5.46. The third-order valence-corrected chi connectivity index (χ3v) is 6.14. The van der Waals surface area contributed by atoms with Crippen molar-refractivity contribution in [2.75, 3.05) is 0 Å². The van der Waals surface area contributed by atoms with Crippen LogP contribution in [0.2, 0.25) is 0 Å². The lowest BCUT2D eigenvalue weighted by Crippen LogP contribution is -2.37. The molecule has 28 heavy (non-hydrogen) atoms. The van der Waals surface area contributed by atoms with Crippen LogP contribution in [-0.4, -0.2) is 21.6 Å². The Labute approximate surface area is 165 Å². The number of fused-ring (bicyclic) bond motifs is 1. The van der Waals surface area contributed by atoms with Gasteiger partial charge < -0.3 is 11.1 Å². The van der Waals surface area contributed by atoms with Gasteiger partial charge in [-0.05, 0) is 62.0 Å². The second kappa shape index (κ2) is 8.17. The third kappa shape index (κ3) is 4.11. The van der Waals surface area contributed by atoms with Crippen molar-refractivity contribution in [2.24, 2.45) is 11.7 Å². The first-order chi connectivity index (χ1) is 13.6. The molecule has 2 aromatic rings. The molecule has 2 aliphatic rings. The summed E-state index contributed by atoms with van der Waals surface area (Å²) in [5.74, 6) is 0.387. The normalized spacial score (nSPS) is 24.4. The van der Waals surface area contributed by atoms with Crippen molar-refractivity contribution in [3.63, 3.8) is 0 Å². The number of carbonyl (C=O) groups excluding carboxylic acids is 2. The molecule has 2 amide bonds. The van der Waals surface area contributed by atoms with Gasteiger partial charge in [-0.15, -0.1) is 0 Å². The van der Waals surface area contributed by atoms with Gasteiger partial charge in [0.25, 0.3) is 0 Å². The molecule has 1 atom stereocenters. The lowest BCUT2D eigenvalue weighted by molar-refractivity contribution is -0.127. The fourth-order valence-electron chi connectivity index (χ4n) is 4.68. The largest absolute Gasteiger partial charge is 0.368 e. The van der Waals surface area contributed by atoms with Gasteiger partial charge in [-0.25, -0.2) is 0 Å². The minimum atomic E-state index is -0.407. The SMILES string of the molecule is NC(=O)Cn1cc2c(n1)C(NC(=O)C1CCC(c3ccccc3)CC1)CCC2. The molecule has 0 saturated heterocycles. The topological polar surface area (TPSA) is 90.0 Å². The van der Waals surface area contributed by atoms with Crippen LogP contribution in [0, 0.1) is 5.92 Å². The molecule has 1 aromatic heterocycles. The molecular weight excluding hydrogens is 352 g/mol. The van der Waals surface area contributed by atoms with Gasteiger partial charge in [-0.3, -0.25) is 14.3 Å². The predicted octanol–water partition coefficient (Wildman–Crippen LogP) is 2.84. The summed E-state index contributed by atoms with van der Waals surface area (Å²) < 4.78 is 1.60. The molecular formula is C22H28N4O2. The summed E-state index contributed by atoms with van der Waals surface area (Å²) in [7, 11) is 0. The van der Waals surface area contributed by atoms with Gasteiger partial charge in [0.15, 0.2) is 0 Å². The maximum absolute atomic E-state index is 12.9. The Morgan fingerprint density at radius 2 is 1.86 bits per heavy atom. The van der Waals surface area contributed by atoms with Crippen molar-refractivity contribution in [3.05, 3.63) is 53.3 Å². The van der Waals surface area contributed by atoms with Gasteiger partial charge in [0, 0.05) is 12.1 Å². The van der Waals surface area contributed by atoms with E-state index in [1.807, 2.05) is 12.3 Å². The highest BCUT2D eigenvalue weighted by molar-refractivity contribution is 5.79. The fraction of sp³-hybridized carbons (Fsp3) is 0.500. The number of nitrogens with two attached hydrogens (primary N) is 1. The first-order valence-electron chi connectivity index (χ1n) is 10.3. The van der Waals surface area contributed by atoms with Crippen LogP contribution in [0.5, 0.6) is 0 Å². The standard InChI is InChI=1S/C22H28N4O2/c23-20(27)14-26-13-18-7-4-8-19(21(18)25-26)24-22(28)17-11-9-16(10-12-17)15-5-2-1-3-6-15/h1-3,5-6,13,16-17,19H,4,7-12,14H2,(H2,23,27)(H,24,28). The van der Waals surface area contributed by atoms with E-state index in [9.17, 15) is 9.59 Å². The lowest BCUT2D eigenvalue weighted by atomic mass is 9.78. The summed E-state index contributed by atoms with van der Waals surface area (Å²) in [6.45, 7) is 0.0805. The second-order valence-electron chi connectivity index (χ2n) is 8.12. The van der Waals surface area contributed by atoms with Crippen LogP contribution in [0.15, 0.2) is 36.5 Å². The maximum Gasteiger partial charge on any atom is 0.239 e. The number of nitrogens with zero attached hydrogens (tertiary/aromatic N) is 2. The molecule has 1 unspecified atom stereocenters. The summed E-state index contributed by atoms with van der Waals surface area (Å²) in [5, 5.41) is 7.76. The van der Waals surface area contributed by atoms with Crippen molar-refractivity contribution in [1.82, 2.24) is 15.1 Å². The number of amides is 2. The van der Waals surface area contributed by atoms with E-state index in [1.54, 1.807) is 4.68 Å². The highest BCUT2D eigenvalue weighted by Crippen LogP contribution is 2.36. The van der Waals surface area contributed by atoms with Gasteiger partial charge in [0.2, 0.25) is 11.8 Å². The first kappa shape index (κ1) is 18.7. The highest BCUT2D eigenvalue weighted by atomic mass is 16.2. The number of nitrogens with one attached hydrogen (secondary N) is 1. The number of rotatable bonds is 5. The highest BCUT2D eigenvalue weighted by Gasteiger charge is 2.31. The second-order valence-corrected chi connectivity index (χ2v) is 8.12. The number of hydrogen-bond donors (Lipinski definition) is 2. The summed E-state index contributed by atoms with van der Waals surface area (Å²) >= 11 is 0. The van der Waals surface area contributed by atoms with E-state index in [0.717, 1.165) is 56.2 Å². The van der Waals surface area contributed by atoms with Crippen molar-refractivity contribution in [3.8, 4) is 0 Å². The molecule has 6 heteroatoms. The van der Waals surface area contributed by atoms with Gasteiger partial charge >= 0.3 is 0 Å². The first-order valence-corrected chi connectivity index (χ1v) is 10.3. The zero-order valence-corrected chi connectivity index (χ0v) is 16.1. The van der Waals surface area contributed by atoms with Crippen molar-refractivity contribution in [1.29, 1.82) is 0 Å². The Morgan fingerprint density at radius 3 is 2.57 bits per heavy atom. The number of benzene rings is 1. The average Bonchev–Trinajstić information content (AvgIpc) is 3.11. The van der Waals surface area contributed by atoms with E-state index in [2.05, 4.69) is 34.7 Å². The van der Waals surface area contributed by atoms with Crippen LogP contribution < -0.4 is 11.1 Å². The molecule has 1 fully saturated rings. The summed E-state index contributed by atoms with van der Waals surface area (Å²) in [6, 6.07) is 10.6. The monoisotopic (exact) mass is 380 g/mol. The Balaban J connectivity index is 1.36.